The molecule has 2 aliphatic rings. The van der Waals surface area contributed by atoms with E-state index in [1.165, 1.54) is 11.8 Å². The number of nitrogens with zero attached hydrogens (tertiary/aromatic N) is 3. The van der Waals surface area contributed by atoms with E-state index < -0.39 is 6.23 Å². The van der Waals surface area contributed by atoms with Crippen LogP contribution in [0.25, 0.3) is 11.3 Å². The number of nitrogens with one attached hydrogen (secondary N) is 1. The first-order valence-electron chi connectivity index (χ1n) is 8.72. The van der Waals surface area contributed by atoms with Gasteiger partial charge in [0.2, 0.25) is 17.8 Å². The summed E-state index contributed by atoms with van der Waals surface area (Å²) in [4.78, 5) is 4.58. The van der Waals surface area contributed by atoms with Crippen LogP contribution in [0.15, 0.2) is 60.3 Å². The number of hydrogen-bond donors (Lipinski definition) is 1. The molecule has 0 radical (unpaired) electrons. The van der Waals surface area contributed by atoms with Gasteiger partial charge in [0.15, 0.2) is 23.4 Å². The van der Waals surface area contributed by atoms with Crippen LogP contribution in [0.2, 0.25) is 0 Å². The van der Waals surface area contributed by atoms with Gasteiger partial charge in [-0.1, -0.05) is 36.0 Å². The van der Waals surface area contributed by atoms with Gasteiger partial charge in [-0.25, -0.2) is 0 Å². The van der Waals surface area contributed by atoms with Gasteiger partial charge in [0, 0.05) is 22.6 Å². The summed E-state index contributed by atoms with van der Waals surface area (Å²) in [7, 11) is 0. The molecule has 3 aromatic rings. The third-order valence-corrected chi connectivity index (χ3v) is 5.20. The zero-order valence-electron chi connectivity index (χ0n) is 14.8. The molecular weight excluding hydrogens is 376 g/mol. The van der Waals surface area contributed by atoms with Crippen molar-refractivity contribution in [2.75, 3.05) is 17.9 Å². The van der Waals surface area contributed by atoms with Crippen LogP contribution in [0.3, 0.4) is 0 Å². The van der Waals surface area contributed by atoms with Gasteiger partial charge >= 0.3 is 0 Å². The third-order valence-electron chi connectivity index (χ3n) is 4.36. The van der Waals surface area contributed by atoms with Crippen molar-refractivity contribution >= 4 is 17.4 Å². The molecule has 140 valence electrons. The minimum Gasteiger partial charge on any atom is -0.454 e. The highest BCUT2D eigenvalue weighted by molar-refractivity contribution is 7.99. The molecule has 1 N–H and O–H groups in total. The van der Waals surface area contributed by atoms with Gasteiger partial charge in [0.25, 0.3) is 0 Å². The molecule has 0 unspecified atom stereocenters. The van der Waals surface area contributed by atoms with Crippen molar-refractivity contribution in [3.63, 3.8) is 0 Å². The first-order valence-corrected chi connectivity index (χ1v) is 9.71. The number of para-hydroxylation sites is 1. The molecule has 2 aromatic carbocycles. The van der Waals surface area contributed by atoms with Gasteiger partial charge in [0.1, 0.15) is 0 Å². The summed E-state index contributed by atoms with van der Waals surface area (Å²) in [5, 5.41) is 12.6. The Kier molecular flexibility index (Phi) is 4.25. The summed E-state index contributed by atoms with van der Waals surface area (Å²) >= 11 is 1.45. The minimum absolute atomic E-state index is 0.227. The molecule has 0 bridgehead atoms. The van der Waals surface area contributed by atoms with Crippen molar-refractivity contribution in [2.24, 2.45) is 0 Å². The van der Waals surface area contributed by atoms with Gasteiger partial charge in [-0.2, -0.15) is 4.98 Å². The van der Waals surface area contributed by atoms with Crippen molar-refractivity contribution < 1.29 is 14.2 Å². The Balaban J connectivity index is 1.58. The quantitative estimate of drug-likeness (QED) is 0.526. The maximum atomic E-state index is 6.25. The van der Waals surface area contributed by atoms with Crippen LogP contribution in [-0.2, 0) is 0 Å². The Hall–Kier alpha value is -3.26. The molecule has 0 aliphatic carbocycles. The standard InChI is InChI=1S/C20H16N4O3S/c1-2-9-28-20-22-19-17(23-24-20)13-5-3-4-6-14(13)21-18(27-19)12-7-8-15-16(10-12)26-11-25-15/h2-8,10,18,21H,1,9,11H2/t18-/m1/s1. The Morgan fingerprint density at radius 1 is 1.14 bits per heavy atom. The number of anilines is 1. The van der Waals surface area contributed by atoms with Gasteiger partial charge in [-0.3, -0.25) is 0 Å². The van der Waals surface area contributed by atoms with E-state index in [-0.39, 0.29) is 6.79 Å². The SMILES string of the molecule is C=CCSc1nnc2c(n1)O[C@H](c1ccc3c(c1)OCO3)Nc1ccccc1-2. The molecule has 3 heterocycles. The van der Waals surface area contributed by atoms with Crippen LogP contribution in [0.4, 0.5) is 5.69 Å². The molecule has 5 rings (SSSR count). The Labute approximate surface area is 165 Å². The fourth-order valence-electron chi connectivity index (χ4n) is 3.07. The van der Waals surface area contributed by atoms with Crippen LogP contribution in [0, 0.1) is 0 Å². The highest BCUT2D eigenvalue weighted by Gasteiger charge is 2.27. The van der Waals surface area contributed by atoms with Crippen LogP contribution >= 0.6 is 11.8 Å². The molecule has 0 saturated carbocycles. The molecule has 0 fully saturated rings. The van der Waals surface area contributed by atoms with Gasteiger partial charge in [0.05, 0.1) is 0 Å². The Morgan fingerprint density at radius 3 is 2.96 bits per heavy atom. The van der Waals surface area contributed by atoms with E-state index in [0.717, 1.165) is 22.6 Å². The van der Waals surface area contributed by atoms with Crippen LogP contribution in [0.5, 0.6) is 17.4 Å². The number of hydrogen-bond acceptors (Lipinski definition) is 8. The van der Waals surface area contributed by atoms with E-state index in [1.807, 2.05) is 42.5 Å². The molecule has 8 heteroatoms. The van der Waals surface area contributed by atoms with Crippen LogP contribution in [0.1, 0.15) is 11.8 Å². The highest BCUT2D eigenvalue weighted by Crippen LogP contribution is 2.41. The first kappa shape index (κ1) is 16.9. The third kappa shape index (κ3) is 3.01. The summed E-state index contributed by atoms with van der Waals surface area (Å²) in [5.41, 5.74) is 3.28. The number of fused-ring (bicyclic) bond motifs is 4. The van der Waals surface area contributed by atoms with E-state index in [0.29, 0.717) is 28.2 Å². The molecule has 0 spiro atoms. The molecule has 28 heavy (non-hydrogen) atoms. The lowest BCUT2D eigenvalue weighted by Gasteiger charge is -2.19. The van der Waals surface area contributed by atoms with Crippen molar-refractivity contribution in [3.05, 3.63) is 60.7 Å². The maximum absolute atomic E-state index is 6.25. The smallest absolute Gasteiger partial charge is 0.247 e. The summed E-state index contributed by atoms with van der Waals surface area (Å²) in [6, 6.07) is 13.6. The topological polar surface area (TPSA) is 78.4 Å². The van der Waals surface area contributed by atoms with Crippen molar-refractivity contribution in [1.29, 1.82) is 0 Å². The number of rotatable bonds is 4. The molecule has 7 nitrogen and oxygen atoms in total. The molecule has 0 saturated heterocycles. The zero-order chi connectivity index (χ0) is 18.9. The average molecular weight is 392 g/mol. The predicted octanol–water partition coefficient (Wildman–Crippen LogP) is 4.05. The highest BCUT2D eigenvalue weighted by atomic mass is 32.2. The molecular formula is C20H16N4O3S. The second-order valence-corrected chi connectivity index (χ2v) is 7.14. The summed E-state index contributed by atoms with van der Waals surface area (Å²) < 4.78 is 17.2. The van der Waals surface area contributed by atoms with E-state index in [1.54, 1.807) is 6.08 Å². The number of aromatic nitrogens is 3. The fraction of sp³-hybridized carbons (Fsp3) is 0.150. The van der Waals surface area contributed by atoms with Gasteiger partial charge in [-0.05, 0) is 24.3 Å². The van der Waals surface area contributed by atoms with E-state index in [4.69, 9.17) is 14.2 Å². The normalized spacial score (nSPS) is 16.2. The van der Waals surface area contributed by atoms with Crippen molar-refractivity contribution in [3.8, 4) is 28.6 Å². The van der Waals surface area contributed by atoms with Crippen LogP contribution < -0.4 is 19.5 Å². The maximum Gasteiger partial charge on any atom is 0.247 e. The van der Waals surface area contributed by atoms with E-state index in [9.17, 15) is 0 Å². The number of ether oxygens (including phenoxy) is 3. The molecule has 2 aliphatic heterocycles. The summed E-state index contributed by atoms with van der Waals surface area (Å²) in [5.74, 6) is 2.55. The Morgan fingerprint density at radius 2 is 2.04 bits per heavy atom. The Bertz CT molecular complexity index is 1060. The largest absolute Gasteiger partial charge is 0.454 e. The molecule has 0 amide bonds. The lowest BCUT2D eigenvalue weighted by molar-refractivity contribution is 0.173. The zero-order valence-corrected chi connectivity index (χ0v) is 15.6. The van der Waals surface area contributed by atoms with Gasteiger partial charge in [-0.15, -0.1) is 16.8 Å². The van der Waals surface area contributed by atoms with Crippen LogP contribution in [-0.4, -0.2) is 27.7 Å². The van der Waals surface area contributed by atoms with Crippen molar-refractivity contribution in [1.82, 2.24) is 15.2 Å². The number of benzene rings is 2. The van der Waals surface area contributed by atoms with Gasteiger partial charge < -0.3 is 19.5 Å². The predicted molar refractivity (Wildman–Crippen MR) is 106 cm³/mol. The second kappa shape index (κ2) is 7.05. The average Bonchev–Trinajstić information content (AvgIpc) is 3.13. The lowest BCUT2D eigenvalue weighted by atomic mass is 10.1. The van der Waals surface area contributed by atoms with Crippen molar-refractivity contribution in [2.45, 2.75) is 11.4 Å². The summed E-state index contributed by atoms with van der Waals surface area (Å²) in [6.45, 7) is 3.95. The first-order chi connectivity index (χ1) is 13.8. The van der Waals surface area contributed by atoms with E-state index >= 15 is 0 Å². The van der Waals surface area contributed by atoms with E-state index in [2.05, 4.69) is 27.1 Å². The molecule has 1 aromatic heterocycles. The lowest BCUT2D eigenvalue weighted by Crippen LogP contribution is -2.17. The monoisotopic (exact) mass is 392 g/mol. The number of thioether (sulfide) groups is 1. The minimum atomic E-state index is -0.467. The summed E-state index contributed by atoms with van der Waals surface area (Å²) in [6.07, 6.45) is 1.33. The fourth-order valence-corrected chi connectivity index (χ4v) is 3.58. The second-order valence-electron chi connectivity index (χ2n) is 6.15. The molecule has 1 atom stereocenters.